The Morgan fingerprint density at radius 1 is 1.10 bits per heavy atom. The number of rotatable bonds is 3. The molecule has 1 saturated heterocycles. The molecule has 4 unspecified atom stereocenters. The van der Waals surface area contributed by atoms with Crippen LogP contribution in [-0.2, 0) is 15.9 Å². The molecule has 1 aliphatic carbocycles. The molecule has 1 aromatic carbocycles. The van der Waals surface area contributed by atoms with E-state index in [0.717, 1.165) is 37.9 Å². The molecule has 4 heteroatoms. The minimum Gasteiger partial charge on any atom is -0.387 e. The Kier molecular flexibility index (Phi) is 4.60. The molecule has 2 aliphatic rings. The zero-order valence-corrected chi connectivity index (χ0v) is 12.9. The van der Waals surface area contributed by atoms with Gasteiger partial charge in [-0.15, -0.1) is 0 Å². The summed E-state index contributed by atoms with van der Waals surface area (Å²) in [6, 6.07) is 8.44. The summed E-state index contributed by atoms with van der Waals surface area (Å²) >= 11 is 0. The van der Waals surface area contributed by atoms with E-state index in [2.05, 4.69) is 23.1 Å². The average Bonchev–Trinajstić information content (AvgIpc) is 2.86. The lowest BCUT2D eigenvalue weighted by atomic mass is 9.98. The molecule has 0 bridgehead atoms. The van der Waals surface area contributed by atoms with Crippen LogP contribution in [0.2, 0.25) is 0 Å². The molecule has 3 rings (SSSR count). The Labute approximate surface area is 126 Å². The third kappa shape index (κ3) is 2.86. The molecular formula is C17H25NO3. The van der Waals surface area contributed by atoms with E-state index in [9.17, 15) is 5.11 Å². The molecule has 1 aromatic rings. The Hall–Kier alpha value is -0.940. The number of benzene rings is 1. The Morgan fingerprint density at radius 2 is 1.76 bits per heavy atom. The lowest BCUT2D eigenvalue weighted by Crippen LogP contribution is -2.38. The number of ether oxygens (including phenoxy) is 2. The lowest BCUT2D eigenvalue weighted by Gasteiger charge is -2.31. The van der Waals surface area contributed by atoms with Gasteiger partial charge in [-0.3, -0.25) is 4.90 Å². The topological polar surface area (TPSA) is 41.9 Å². The van der Waals surface area contributed by atoms with Crippen LogP contribution in [0.5, 0.6) is 0 Å². The van der Waals surface area contributed by atoms with Crippen LogP contribution in [0, 0.1) is 0 Å². The highest BCUT2D eigenvalue weighted by Crippen LogP contribution is 2.34. The molecule has 116 valence electrons. The van der Waals surface area contributed by atoms with Crippen molar-refractivity contribution in [2.24, 2.45) is 0 Å². The molecule has 4 nitrogen and oxygen atoms in total. The quantitative estimate of drug-likeness (QED) is 0.862. The summed E-state index contributed by atoms with van der Waals surface area (Å²) < 4.78 is 11.0. The van der Waals surface area contributed by atoms with Crippen molar-refractivity contribution in [1.29, 1.82) is 0 Å². The van der Waals surface area contributed by atoms with Crippen LogP contribution in [0.25, 0.3) is 0 Å². The highest BCUT2D eigenvalue weighted by molar-refractivity contribution is 5.31. The number of aliphatic hydroxyl groups is 1. The first-order chi connectivity index (χ1) is 10.2. The van der Waals surface area contributed by atoms with Gasteiger partial charge in [-0.2, -0.15) is 0 Å². The Morgan fingerprint density at radius 3 is 2.43 bits per heavy atom. The van der Waals surface area contributed by atoms with Crippen LogP contribution in [0.3, 0.4) is 0 Å². The summed E-state index contributed by atoms with van der Waals surface area (Å²) in [5.74, 6) is 0. The number of fused-ring (bicyclic) bond motifs is 1. The van der Waals surface area contributed by atoms with Crippen molar-refractivity contribution in [3.8, 4) is 0 Å². The lowest BCUT2D eigenvalue weighted by molar-refractivity contribution is -0.00461. The first-order valence-electron chi connectivity index (χ1n) is 7.80. The zero-order chi connectivity index (χ0) is 14.8. The minimum absolute atomic E-state index is 0.0979. The van der Waals surface area contributed by atoms with E-state index < -0.39 is 6.10 Å². The van der Waals surface area contributed by atoms with Gasteiger partial charge < -0.3 is 14.6 Å². The van der Waals surface area contributed by atoms with Gasteiger partial charge in [-0.05, 0) is 30.4 Å². The van der Waals surface area contributed by atoms with Gasteiger partial charge in [0.2, 0.25) is 0 Å². The van der Waals surface area contributed by atoms with Crippen molar-refractivity contribution in [2.75, 3.05) is 27.3 Å². The van der Waals surface area contributed by atoms with E-state index in [4.69, 9.17) is 9.47 Å². The molecule has 1 aliphatic heterocycles. The SMILES string of the molecule is COC1CN(C2CCCc3ccccc3C2O)CC1OC. The first kappa shape index (κ1) is 15.0. The smallest absolute Gasteiger partial charge is 0.0971 e. The van der Waals surface area contributed by atoms with E-state index >= 15 is 0 Å². The first-order valence-corrected chi connectivity index (χ1v) is 7.80. The fourth-order valence-electron chi connectivity index (χ4n) is 3.79. The molecule has 1 fully saturated rings. The zero-order valence-electron chi connectivity index (χ0n) is 12.9. The van der Waals surface area contributed by atoms with Gasteiger partial charge in [-0.1, -0.05) is 24.3 Å². The number of likely N-dealkylation sites (tertiary alicyclic amines) is 1. The molecule has 0 radical (unpaired) electrons. The average molecular weight is 291 g/mol. The van der Waals surface area contributed by atoms with Gasteiger partial charge in [-0.25, -0.2) is 0 Å². The summed E-state index contributed by atoms with van der Waals surface area (Å²) in [6.45, 7) is 1.66. The van der Waals surface area contributed by atoms with Gasteiger partial charge in [0.15, 0.2) is 0 Å². The standard InChI is InChI=1S/C17H25NO3/c1-20-15-10-18(11-16(15)21-2)14-9-5-7-12-6-3-4-8-13(12)17(14)19/h3-4,6,8,14-17,19H,5,7,9-11H2,1-2H3. The molecule has 0 saturated carbocycles. The summed E-state index contributed by atoms with van der Waals surface area (Å²) in [5.41, 5.74) is 2.38. The second-order valence-electron chi connectivity index (χ2n) is 6.11. The monoisotopic (exact) mass is 291 g/mol. The maximum atomic E-state index is 10.9. The third-order valence-electron chi connectivity index (χ3n) is 5.00. The van der Waals surface area contributed by atoms with Crippen molar-refractivity contribution in [3.05, 3.63) is 35.4 Å². The van der Waals surface area contributed by atoms with Crippen LogP contribution in [0.15, 0.2) is 24.3 Å². The largest absolute Gasteiger partial charge is 0.387 e. The van der Waals surface area contributed by atoms with E-state index in [0.29, 0.717) is 0 Å². The Bertz CT molecular complexity index is 467. The van der Waals surface area contributed by atoms with Crippen LogP contribution in [0.1, 0.15) is 30.1 Å². The fraction of sp³-hybridized carbons (Fsp3) is 0.647. The number of nitrogens with zero attached hydrogens (tertiary/aromatic N) is 1. The highest BCUT2D eigenvalue weighted by atomic mass is 16.5. The molecule has 4 atom stereocenters. The van der Waals surface area contributed by atoms with Gasteiger partial charge in [0.05, 0.1) is 18.3 Å². The summed E-state index contributed by atoms with van der Waals surface area (Å²) in [4.78, 5) is 2.34. The number of hydrogen-bond acceptors (Lipinski definition) is 4. The van der Waals surface area contributed by atoms with Gasteiger partial charge in [0, 0.05) is 33.4 Å². The molecule has 0 spiro atoms. The summed E-state index contributed by atoms with van der Waals surface area (Å²) in [6.07, 6.45) is 2.96. The van der Waals surface area contributed by atoms with Crippen LogP contribution in [-0.4, -0.2) is 55.6 Å². The van der Waals surface area contributed by atoms with Gasteiger partial charge >= 0.3 is 0 Å². The molecule has 0 amide bonds. The van der Waals surface area contributed by atoms with Crippen LogP contribution < -0.4 is 0 Å². The van der Waals surface area contributed by atoms with E-state index in [1.807, 2.05) is 6.07 Å². The predicted octanol–water partition coefficient (Wildman–Crippen LogP) is 1.77. The van der Waals surface area contributed by atoms with Crippen molar-refractivity contribution in [2.45, 2.75) is 43.6 Å². The second kappa shape index (κ2) is 6.44. The summed E-state index contributed by atoms with van der Waals surface area (Å²) in [5, 5.41) is 10.9. The van der Waals surface area contributed by atoms with E-state index in [1.54, 1.807) is 14.2 Å². The normalized spacial score (nSPS) is 33.7. The van der Waals surface area contributed by atoms with E-state index in [1.165, 1.54) is 5.56 Å². The molecule has 0 aromatic heterocycles. The molecule has 1 heterocycles. The Balaban J connectivity index is 1.80. The van der Waals surface area contributed by atoms with Crippen molar-refractivity contribution in [3.63, 3.8) is 0 Å². The van der Waals surface area contributed by atoms with Crippen molar-refractivity contribution in [1.82, 2.24) is 4.90 Å². The molecular weight excluding hydrogens is 266 g/mol. The van der Waals surface area contributed by atoms with Crippen molar-refractivity contribution >= 4 is 0 Å². The van der Waals surface area contributed by atoms with Gasteiger partial charge in [0.1, 0.15) is 0 Å². The number of aliphatic hydroxyl groups excluding tert-OH is 1. The van der Waals surface area contributed by atoms with E-state index in [-0.39, 0.29) is 18.2 Å². The summed E-state index contributed by atoms with van der Waals surface area (Å²) in [7, 11) is 3.47. The molecule has 1 N–H and O–H groups in total. The van der Waals surface area contributed by atoms with Gasteiger partial charge in [0.25, 0.3) is 0 Å². The predicted molar refractivity (Wildman–Crippen MR) is 81.3 cm³/mol. The van der Waals surface area contributed by atoms with Crippen LogP contribution in [0.4, 0.5) is 0 Å². The number of hydrogen-bond donors (Lipinski definition) is 1. The molecule has 21 heavy (non-hydrogen) atoms. The maximum absolute atomic E-state index is 10.9. The van der Waals surface area contributed by atoms with Crippen LogP contribution >= 0.6 is 0 Å². The highest BCUT2D eigenvalue weighted by Gasteiger charge is 2.39. The number of methoxy groups -OCH3 is 2. The second-order valence-corrected chi connectivity index (χ2v) is 6.11. The minimum atomic E-state index is -0.420. The number of aryl methyl sites for hydroxylation is 1. The van der Waals surface area contributed by atoms with Crippen molar-refractivity contribution < 1.29 is 14.6 Å². The fourth-order valence-corrected chi connectivity index (χ4v) is 3.79. The maximum Gasteiger partial charge on any atom is 0.0971 e. The third-order valence-corrected chi connectivity index (χ3v) is 5.00.